The second-order valence-corrected chi connectivity index (χ2v) is 7.63. The van der Waals surface area contributed by atoms with Gasteiger partial charge in [-0.25, -0.2) is 13.6 Å². The molecule has 0 bridgehead atoms. The second kappa shape index (κ2) is 6.67. The molecular weight excluding hydrogens is 320 g/mol. The van der Waals surface area contributed by atoms with Crippen molar-refractivity contribution in [3.63, 3.8) is 0 Å². The molecule has 1 aliphatic heterocycles. The number of hydrogen-bond donors (Lipinski definition) is 2. The standard InChI is InChI=1S/C15H20N2O5S/c1-10-2-4-12(5-3-10)13(7-15(19)20)17-8-11(6-14(17)18)9-23(16,21)22/h2-5,11,13H,6-9H2,1H3,(H,19,20)(H2,16,21,22). The van der Waals surface area contributed by atoms with Crippen LogP contribution in [-0.4, -0.2) is 42.6 Å². The number of amides is 1. The summed E-state index contributed by atoms with van der Waals surface area (Å²) in [5.74, 6) is -1.94. The molecule has 1 aliphatic rings. The van der Waals surface area contributed by atoms with Crippen LogP contribution >= 0.6 is 0 Å². The van der Waals surface area contributed by atoms with Crippen molar-refractivity contribution in [1.82, 2.24) is 4.90 Å². The molecule has 3 N–H and O–H groups in total. The van der Waals surface area contributed by atoms with Crippen LogP contribution in [0.4, 0.5) is 0 Å². The number of carbonyl (C=O) groups excluding carboxylic acids is 1. The van der Waals surface area contributed by atoms with Gasteiger partial charge in [0.1, 0.15) is 0 Å². The molecule has 1 saturated heterocycles. The van der Waals surface area contributed by atoms with Gasteiger partial charge in [0, 0.05) is 18.9 Å². The van der Waals surface area contributed by atoms with Gasteiger partial charge in [0.15, 0.2) is 0 Å². The zero-order valence-corrected chi connectivity index (χ0v) is 13.6. The molecule has 7 nitrogen and oxygen atoms in total. The van der Waals surface area contributed by atoms with Gasteiger partial charge in [0.05, 0.1) is 18.2 Å². The van der Waals surface area contributed by atoms with Gasteiger partial charge in [-0.1, -0.05) is 29.8 Å². The van der Waals surface area contributed by atoms with E-state index in [4.69, 9.17) is 10.2 Å². The molecule has 1 fully saturated rings. The minimum absolute atomic E-state index is 0.0679. The quantitative estimate of drug-likeness (QED) is 0.788. The number of carboxylic acid groups (broad SMARTS) is 1. The van der Waals surface area contributed by atoms with Gasteiger partial charge in [-0.3, -0.25) is 9.59 Å². The Hall–Kier alpha value is -1.93. The van der Waals surface area contributed by atoms with Crippen molar-refractivity contribution in [2.24, 2.45) is 11.1 Å². The summed E-state index contributed by atoms with van der Waals surface area (Å²) in [6.07, 6.45) is -0.157. The van der Waals surface area contributed by atoms with Gasteiger partial charge in [0.25, 0.3) is 0 Å². The van der Waals surface area contributed by atoms with Gasteiger partial charge in [-0.15, -0.1) is 0 Å². The van der Waals surface area contributed by atoms with Crippen molar-refractivity contribution >= 4 is 21.9 Å². The molecule has 2 unspecified atom stereocenters. The molecule has 1 aromatic carbocycles. The summed E-state index contributed by atoms with van der Waals surface area (Å²) in [5.41, 5.74) is 1.75. The summed E-state index contributed by atoms with van der Waals surface area (Å²) < 4.78 is 22.4. The number of nitrogens with zero attached hydrogens (tertiary/aromatic N) is 1. The Kier molecular flexibility index (Phi) is 5.06. The maximum absolute atomic E-state index is 12.2. The predicted octanol–water partition coefficient (Wildman–Crippen LogP) is 0.648. The molecule has 0 spiro atoms. The van der Waals surface area contributed by atoms with E-state index in [0.717, 1.165) is 11.1 Å². The third-order valence-corrected chi connectivity index (χ3v) is 4.85. The third kappa shape index (κ3) is 4.77. The first-order valence-corrected chi connectivity index (χ1v) is 8.95. The van der Waals surface area contributed by atoms with E-state index < -0.39 is 28.0 Å². The molecule has 0 aromatic heterocycles. The van der Waals surface area contributed by atoms with E-state index in [0.29, 0.717) is 0 Å². The van der Waals surface area contributed by atoms with E-state index in [-0.39, 0.29) is 31.0 Å². The summed E-state index contributed by atoms with van der Waals surface area (Å²) in [4.78, 5) is 24.9. The fourth-order valence-corrected chi connectivity index (χ4v) is 3.79. The highest BCUT2D eigenvalue weighted by Gasteiger charge is 2.37. The Bertz CT molecular complexity index is 699. The summed E-state index contributed by atoms with van der Waals surface area (Å²) in [5, 5.41) is 14.2. The van der Waals surface area contributed by atoms with Gasteiger partial charge in [-0.2, -0.15) is 0 Å². The van der Waals surface area contributed by atoms with Crippen LogP contribution in [0.15, 0.2) is 24.3 Å². The van der Waals surface area contributed by atoms with Crippen LogP contribution in [0, 0.1) is 12.8 Å². The highest BCUT2D eigenvalue weighted by molar-refractivity contribution is 7.89. The number of sulfonamides is 1. The van der Waals surface area contributed by atoms with E-state index in [1.54, 1.807) is 12.1 Å². The van der Waals surface area contributed by atoms with Crippen molar-refractivity contribution in [3.8, 4) is 0 Å². The lowest BCUT2D eigenvalue weighted by Gasteiger charge is -2.27. The topological polar surface area (TPSA) is 118 Å². The molecule has 8 heteroatoms. The van der Waals surface area contributed by atoms with Crippen LogP contribution < -0.4 is 5.14 Å². The molecule has 1 amide bonds. The van der Waals surface area contributed by atoms with Crippen LogP contribution in [0.5, 0.6) is 0 Å². The molecule has 0 radical (unpaired) electrons. The molecule has 0 aliphatic carbocycles. The first-order chi connectivity index (χ1) is 10.7. The first-order valence-electron chi connectivity index (χ1n) is 7.24. The zero-order valence-electron chi connectivity index (χ0n) is 12.8. The molecule has 2 atom stereocenters. The second-order valence-electron chi connectivity index (χ2n) is 5.97. The Labute approximate surface area is 135 Å². The fraction of sp³-hybridized carbons (Fsp3) is 0.467. The van der Waals surface area contributed by atoms with Crippen molar-refractivity contribution in [3.05, 3.63) is 35.4 Å². The van der Waals surface area contributed by atoms with E-state index in [2.05, 4.69) is 0 Å². The van der Waals surface area contributed by atoms with E-state index in [9.17, 15) is 18.0 Å². The Balaban J connectivity index is 2.23. The number of primary sulfonamides is 1. The van der Waals surface area contributed by atoms with Gasteiger partial charge < -0.3 is 10.0 Å². The number of likely N-dealkylation sites (tertiary alicyclic amines) is 1. The van der Waals surface area contributed by atoms with E-state index in [1.165, 1.54) is 4.90 Å². The van der Waals surface area contributed by atoms with Crippen LogP contribution in [0.25, 0.3) is 0 Å². The number of nitrogens with two attached hydrogens (primary N) is 1. The lowest BCUT2D eigenvalue weighted by Crippen LogP contribution is -2.33. The number of aryl methyl sites for hydroxylation is 1. The molecular formula is C15H20N2O5S. The van der Waals surface area contributed by atoms with E-state index >= 15 is 0 Å². The average molecular weight is 340 g/mol. The minimum Gasteiger partial charge on any atom is -0.481 e. The van der Waals surface area contributed by atoms with Crippen molar-refractivity contribution in [2.75, 3.05) is 12.3 Å². The molecule has 126 valence electrons. The third-order valence-electron chi connectivity index (χ3n) is 3.91. The van der Waals surface area contributed by atoms with Crippen molar-refractivity contribution in [2.45, 2.75) is 25.8 Å². The highest BCUT2D eigenvalue weighted by Crippen LogP contribution is 2.31. The Morgan fingerprint density at radius 3 is 2.52 bits per heavy atom. The zero-order chi connectivity index (χ0) is 17.2. The number of hydrogen-bond acceptors (Lipinski definition) is 4. The Morgan fingerprint density at radius 2 is 2.00 bits per heavy atom. The molecule has 2 rings (SSSR count). The summed E-state index contributed by atoms with van der Waals surface area (Å²) in [6.45, 7) is 2.11. The van der Waals surface area contributed by atoms with E-state index in [1.807, 2.05) is 19.1 Å². The van der Waals surface area contributed by atoms with Crippen molar-refractivity contribution in [1.29, 1.82) is 0 Å². The average Bonchev–Trinajstić information content (AvgIpc) is 2.75. The van der Waals surface area contributed by atoms with Gasteiger partial charge in [-0.05, 0) is 12.5 Å². The SMILES string of the molecule is Cc1ccc(C(CC(=O)O)N2CC(CS(N)(=O)=O)CC2=O)cc1. The lowest BCUT2D eigenvalue weighted by atomic mass is 10.0. The Morgan fingerprint density at radius 1 is 1.39 bits per heavy atom. The minimum atomic E-state index is -3.67. The lowest BCUT2D eigenvalue weighted by molar-refractivity contribution is -0.139. The van der Waals surface area contributed by atoms with Crippen LogP contribution in [0.3, 0.4) is 0 Å². The fourth-order valence-electron chi connectivity index (χ4n) is 2.91. The molecule has 23 heavy (non-hydrogen) atoms. The monoisotopic (exact) mass is 340 g/mol. The predicted molar refractivity (Wildman–Crippen MR) is 84.0 cm³/mol. The highest BCUT2D eigenvalue weighted by atomic mass is 32.2. The maximum atomic E-state index is 12.2. The first kappa shape index (κ1) is 17.4. The van der Waals surface area contributed by atoms with Gasteiger partial charge in [0.2, 0.25) is 15.9 Å². The summed E-state index contributed by atoms with van der Waals surface area (Å²) in [7, 11) is -3.67. The smallest absolute Gasteiger partial charge is 0.305 e. The number of carbonyl (C=O) groups is 2. The van der Waals surface area contributed by atoms with Crippen LogP contribution in [-0.2, 0) is 19.6 Å². The number of rotatable bonds is 6. The largest absolute Gasteiger partial charge is 0.481 e. The number of aliphatic carboxylic acids is 1. The molecule has 1 heterocycles. The summed E-state index contributed by atoms with van der Waals surface area (Å²) >= 11 is 0. The van der Waals surface area contributed by atoms with Gasteiger partial charge >= 0.3 is 5.97 Å². The van der Waals surface area contributed by atoms with Crippen LogP contribution in [0.2, 0.25) is 0 Å². The molecule has 1 aromatic rings. The normalized spacial score (nSPS) is 19.8. The van der Waals surface area contributed by atoms with Crippen molar-refractivity contribution < 1.29 is 23.1 Å². The molecule has 0 saturated carbocycles. The van der Waals surface area contributed by atoms with Crippen LogP contribution in [0.1, 0.15) is 30.0 Å². The number of benzene rings is 1. The number of carboxylic acids is 1. The maximum Gasteiger partial charge on any atom is 0.305 e. The summed E-state index contributed by atoms with van der Waals surface area (Å²) in [6, 6.07) is 6.69.